The molecule has 0 saturated carbocycles. The molecule has 0 atom stereocenters. The molecule has 0 amide bonds. The number of carboxylic acid groups (broad SMARTS) is 1. The molecule has 1 N–H and O–H groups in total. The molecule has 0 unspecified atom stereocenters. The van der Waals surface area contributed by atoms with Crippen LogP contribution in [0.15, 0.2) is 0 Å². The molecule has 7 heteroatoms. The van der Waals surface area contributed by atoms with Gasteiger partial charge in [0.15, 0.2) is 0 Å². The van der Waals surface area contributed by atoms with Gasteiger partial charge in [0.1, 0.15) is 0 Å². The fourth-order valence-electron chi connectivity index (χ4n) is 2.82. The first-order valence-corrected chi connectivity index (χ1v) is 9.79. The maximum absolute atomic E-state index is 10.6. The molecule has 1 aliphatic heterocycles. The van der Waals surface area contributed by atoms with Crippen molar-refractivity contribution in [2.75, 3.05) is 13.2 Å². The van der Waals surface area contributed by atoms with Gasteiger partial charge in [-0.15, -0.1) is 0 Å². The van der Waals surface area contributed by atoms with Gasteiger partial charge in [-0.25, -0.2) is 4.79 Å². The Labute approximate surface area is 133 Å². The quantitative estimate of drug-likeness (QED) is 0.743. The first kappa shape index (κ1) is 23.7. The van der Waals surface area contributed by atoms with Crippen LogP contribution in [-0.2, 0) is 9.53 Å². The molecule has 0 aromatic carbocycles. The second-order valence-corrected chi connectivity index (χ2v) is 11.6. The lowest BCUT2D eigenvalue weighted by atomic mass is 10.4. The molecule has 0 spiro atoms. The lowest BCUT2D eigenvalue weighted by Gasteiger charge is -2.26. The molecule has 134 valence electrons. The predicted molar refractivity (Wildman–Crippen MR) is 86.2 cm³/mol. The normalized spacial score (nSPS) is 14.8. The largest absolute Gasteiger partial charge is 0.490 e. The molecule has 1 heterocycles. The minimum absolute atomic E-state index is 0.454. The van der Waals surface area contributed by atoms with Gasteiger partial charge in [-0.3, -0.25) is 0 Å². The van der Waals surface area contributed by atoms with Gasteiger partial charge in [0.2, 0.25) is 0 Å². The Balaban J connectivity index is 0. The average molecular weight is 344 g/mol. The van der Waals surface area contributed by atoms with Crippen molar-refractivity contribution >= 4 is 14.8 Å². The average Bonchev–Trinajstić information content (AvgIpc) is 2.84. The van der Waals surface area contributed by atoms with Gasteiger partial charge >= 0.3 is 12.1 Å². The van der Waals surface area contributed by atoms with Gasteiger partial charge in [0, 0.05) is 22.0 Å². The number of aliphatic carboxylic acids is 1. The van der Waals surface area contributed by atoms with Crippen molar-refractivity contribution in [1.29, 1.82) is 0 Å². The molecule has 1 aliphatic rings. The second-order valence-electron chi connectivity index (χ2n) is 6.43. The summed E-state index contributed by atoms with van der Waals surface area (Å²) in [4.78, 5) is 8.90. The molecule has 0 bridgehead atoms. The number of rotatable bonds is 3. The van der Waals surface area contributed by atoms with E-state index in [9.17, 15) is 13.2 Å². The van der Waals surface area contributed by atoms with E-state index < -0.39 is 20.9 Å². The van der Waals surface area contributed by atoms with E-state index in [1.165, 1.54) is 12.8 Å². The summed E-state index contributed by atoms with van der Waals surface area (Å²) in [6.07, 6.45) is -2.53. The zero-order chi connectivity index (χ0) is 17.9. The zero-order valence-corrected chi connectivity index (χ0v) is 15.7. The van der Waals surface area contributed by atoms with Gasteiger partial charge in [-0.1, -0.05) is 58.2 Å². The Morgan fingerprint density at radius 1 is 0.955 bits per heavy atom. The number of carbonyl (C=O) groups is 1. The number of halogens is 3. The van der Waals surface area contributed by atoms with E-state index in [1.54, 1.807) is 0 Å². The molecule has 1 rings (SSSR count). The maximum atomic E-state index is 10.6. The molecule has 1 saturated heterocycles. The highest BCUT2D eigenvalue weighted by molar-refractivity contribution is 6.63. The Hall–Kier alpha value is -0.563. The highest BCUT2D eigenvalue weighted by atomic mass is 28.3. The monoisotopic (exact) mass is 344 g/mol. The lowest BCUT2D eigenvalue weighted by Crippen LogP contribution is -2.24. The third-order valence-corrected chi connectivity index (χ3v) is 8.00. The van der Waals surface area contributed by atoms with Gasteiger partial charge in [0.25, 0.3) is 0 Å². The number of carboxylic acids is 1. The van der Waals surface area contributed by atoms with Crippen molar-refractivity contribution < 1.29 is 27.8 Å². The van der Waals surface area contributed by atoms with Crippen LogP contribution in [0.25, 0.3) is 0 Å². The van der Waals surface area contributed by atoms with E-state index in [2.05, 4.69) is 41.5 Å². The molecule has 0 aromatic rings. The minimum atomic E-state index is -5.08. The van der Waals surface area contributed by atoms with Crippen LogP contribution in [0.2, 0.25) is 16.6 Å². The van der Waals surface area contributed by atoms with Gasteiger partial charge in [-0.05, 0) is 12.8 Å². The first-order valence-electron chi connectivity index (χ1n) is 7.79. The smallest absolute Gasteiger partial charge is 0.475 e. The van der Waals surface area contributed by atoms with E-state index in [1.807, 2.05) is 0 Å². The number of ether oxygens (including phenoxy) is 1. The van der Waals surface area contributed by atoms with Crippen molar-refractivity contribution in [3.8, 4) is 0 Å². The molecule has 0 aromatic heterocycles. The summed E-state index contributed by atoms with van der Waals surface area (Å²) >= 11 is 0. The molecule has 3 nitrogen and oxygen atoms in total. The molecular formula is C15H31F3O3Si. The molecule has 0 radical (unpaired) electrons. The van der Waals surface area contributed by atoms with E-state index in [-0.39, 0.29) is 0 Å². The van der Waals surface area contributed by atoms with Crippen LogP contribution in [0.3, 0.4) is 0 Å². The summed E-state index contributed by atoms with van der Waals surface area (Å²) < 4.78 is 36.7. The van der Waals surface area contributed by atoms with E-state index in [0.717, 1.165) is 29.8 Å². The van der Waals surface area contributed by atoms with Crippen LogP contribution in [-0.4, -0.2) is 39.3 Å². The summed E-state index contributed by atoms with van der Waals surface area (Å²) in [5, 5.41) is 7.12. The van der Waals surface area contributed by atoms with E-state index in [4.69, 9.17) is 14.6 Å². The highest BCUT2D eigenvalue weighted by Gasteiger charge is 2.38. The van der Waals surface area contributed by atoms with Crippen LogP contribution in [0, 0.1) is 0 Å². The van der Waals surface area contributed by atoms with Crippen LogP contribution >= 0.6 is 0 Å². The topological polar surface area (TPSA) is 46.5 Å². The summed E-state index contributed by atoms with van der Waals surface area (Å²) in [5.41, 5.74) is 2.92. The fraction of sp³-hybridized carbons (Fsp3) is 0.933. The van der Waals surface area contributed by atoms with E-state index in [0.29, 0.717) is 0 Å². The van der Waals surface area contributed by atoms with E-state index >= 15 is 0 Å². The first-order chi connectivity index (χ1) is 9.91. The summed E-state index contributed by atoms with van der Waals surface area (Å²) in [7, 11) is -0.454. The molecular weight excluding hydrogens is 313 g/mol. The van der Waals surface area contributed by atoms with Gasteiger partial charge < -0.3 is 9.84 Å². The maximum Gasteiger partial charge on any atom is 0.490 e. The van der Waals surface area contributed by atoms with Crippen LogP contribution in [0.5, 0.6) is 0 Å². The third-order valence-electron chi connectivity index (χ3n) is 3.38. The fourth-order valence-corrected chi connectivity index (χ4v) is 7.44. The Morgan fingerprint density at radius 3 is 1.27 bits per heavy atom. The number of hydrogen-bond donors (Lipinski definition) is 1. The number of hydrogen-bond acceptors (Lipinski definition) is 2. The summed E-state index contributed by atoms with van der Waals surface area (Å²) in [5.74, 6) is -2.76. The lowest BCUT2D eigenvalue weighted by molar-refractivity contribution is -0.192. The van der Waals surface area contributed by atoms with Crippen LogP contribution in [0.4, 0.5) is 13.2 Å². The SMILES string of the molecule is C1CCOC1.CC(C)[SiH](C(C)C)C(C)C.O=C(O)C(F)(F)F. The van der Waals surface area contributed by atoms with Crippen molar-refractivity contribution in [3.05, 3.63) is 0 Å². The Bertz CT molecular complexity index is 262. The molecule has 0 aliphatic carbocycles. The standard InChI is InChI=1S/C9H22Si.C4H8O.C2HF3O2/c1-7(2)10(8(3)4)9(5)6;1-2-4-5-3-1;3-2(4,5)1(6)7/h7-10H,1-6H3;1-4H2;(H,6,7). The van der Waals surface area contributed by atoms with Crippen molar-refractivity contribution in [1.82, 2.24) is 0 Å². The van der Waals surface area contributed by atoms with Crippen LogP contribution < -0.4 is 0 Å². The molecule has 1 fully saturated rings. The third kappa shape index (κ3) is 13.1. The minimum Gasteiger partial charge on any atom is -0.475 e. The predicted octanol–water partition coefficient (Wildman–Crippen LogP) is 4.87. The number of alkyl halides is 3. The van der Waals surface area contributed by atoms with Crippen LogP contribution in [0.1, 0.15) is 54.4 Å². The summed E-state index contributed by atoms with van der Waals surface area (Å²) in [6.45, 7) is 16.3. The Morgan fingerprint density at radius 2 is 1.23 bits per heavy atom. The molecule has 22 heavy (non-hydrogen) atoms. The van der Waals surface area contributed by atoms with Crippen molar-refractivity contribution in [3.63, 3.8) is 0 Å². The summed E-state index contributed by atoms with van der Waals surface area (Å²) in [6, 6.07) is 0. The zero-order valence-electron chi connectivity index (χ0n) is 14.5. The van der Waals surface area contributed by atoms with Gasteiger partial charge in [0.05, 0.1) is 0 Å². The van der Waals surface area contributed by atoms with Crippen molar-refractivity contribution in [2.24, 2.45) is 0 Å². The Kier molecular flexibility index (Phi) is 12.9. The van der Waals surface area contributed by atoms with Gasteiger partial charge in [-0.2, -0.15) is 13.2 Å². The van der Waals surface area contributed by atoms with Crippen molar-refractivity contribution in [2.45, 2.75) is 77.2 Å². The highest BCUT2D eigenvalue weighted by Crippen LogP contribution is 2.29. The second kappa shape index (κ2) is 11.9.